The Morgan fingerprint density at radius 1 is 1.00 bits per heavy atom. The van der Waals surface area contributed by atoms with Crippen LogP contribution in [0.25, 0.3) is 5.57 Å². The van der Waals surface area contributed by atoms with Gasteiger partial charge in [-0.1, -0.05) is 40.2 Å². The molecule has 0 aliphatic rings. The third kappa shape index (κ3) is 4.78. The number of halogens is 1. The lowest BCUT2D eigenvalue weighted by Gasteiger charge is -2.14. The smallest absolute Gasteiger partial charge is 0.332 e. The Kier molecular flexibility index (Phi) is 6.16. The molecule has 0 unspecified atom stereocenters. The molecule has 0 aromatic heterocycles. The maximum absolute atomic E-state index is 11.7. The molecule has 0 spiro atoms. The van der Waals surface area contributed by atoms with Gasteiger partial charge in [0, 0.05) is 29.3 Å². The normalized spacial score (nSPS) is 12.6. The van der Waals surface area contributed by atoms with Crippen LogP contribution in [0.4, 0.5) is 0 Å². The summed E-state index contributed by atoms with van der Waals surface area (Å²) in [6, 6.07) is 13.2. The molecule has 0 aliphatic carbocycles. The van der Waals surface area contributed by atoms with E-state index in [1.807, 2.05) is 0 Å². The summed E-state index contributed by atoms with van der Waals surface area (Å²) in [5.74, 6) is -1.13. The summed E-state index contributed by atoms with van der Waals surface area (Å²) in [6.07, 6.45) is 1.09. The van der Waals surface area contributed by atoms with Crippen molar-refractivity contribution in [3.05, 3.63) is 69.7 Å². The molecule has 25 heavy (non-hydrogen) atoms. The van der Waals surface area contributed by atoms with Gasteiger partial charge in [-0.25, -0.2) is 13.2 Å². The second-order valence-corrected chi connectivity index (χ2v) is 8.37. The number of aliphatic hydroxyl groups is 1. The zero-order chi connectivity index (χ0) is 18.6. The van der Waals surface area contributed by atoms with Crippen LogP contribution in [0.5, 0.6) is 0 Å². The SMILES string of the molecule is CS(=O)(=O)c1ccc(/C(=C(/CCO)C(=O)O)c2ccc(Br)cc2)cc1. The van der Waals surface area contributed by atoms with E-state index in [-0.39, 0.29) is 23.5 Å². The fourth-order valence-corrected chi connectivity index (χ4v) is 3.35. The van der Waals surface area contributed by atoms with E-state index in [0.717, 1.165) is 10.7 Å². The number of sulfone groups is 1. The number of carboxylic acid groups (broad SMARTS) is 1. The Morgan fingerprint density at radius 2 is 1.48 bits per heavy atom. The Labute approximate surface area is 154 Å². The Hall–Kier alpha value is -1.96. The van der Waals surface area contributed by atoms with Crippen molar-refractivity contribution in [2.45, 2.75) is 11.3 Å². The number of carbonyl (C=O) groups is 1. The molecule has 7 heteroatoms. The molecule has 2 rings (SSSR count). The van der Waals surface area contributed by atoms with Gasteiger partial charge in [-0.05, 0) is 41.0 Å². The molecule has 0 radical (unpaired) electrons. The minimum atomic E-state index is -3.34. The highest BCUT2D eigenvalue weighted by atomic mass is 79.9. The Morgan fingerprint density at radius 3 is 1.88 bits per heavy atom. The van der Waals surface area contributed by atoms with Crippen molar-refractivity contribution in [3.63, 3.8) is 0 Å². The van der Waals surface area contributed by atoms with Gasteiger partial charge >= 0.3 is 5.97 Å². The van der Waals surface area contributed by atoms with E-state index in [9.17, 15) is 23.4 Å². The van der Waals surface area contributed by atoms with Crippen molar-refractivity contribution in [2.24, 2.45) is 0 Å². The van der Waals surface area contributed by atoms with Crippen LogP contribution < -0.4 is 0 Å². The van der Waals surface area contributed by atoms with Crippen molar-refractivity contribution in [2.75, 3.05) is 12.9 Å². The molecule has 0 saturated heterocycles. The van der Waals surface area contributed by atoms with Crippen LogP contribution in [0.2, 0.25) is 0 Å². The van der Waals surface area contributed by atoms with Gasteiger partial charge in [0.1, 0.15) is 0 Å². The van der Waals surface area contributed by atoms with Crippen LogP contribution in [0.1, 0.15) is 17.5 Å². The molecule has 2 aromatic rings. The number of aliphatic carboxylic acids is 1. The molecule has 0 aliphatic heterocycles. The van der Waals surface area contributed by atoms with E-state index in [1.54, 1.807) is 36.4 Å². The number of hydrogen-bond donors (Lipinski definition) is 2. The summed E-state index contributed by atoms with van der Waals surface area (Å²) in [6.45, 7) is -0.302. The van der Waals surface area contributed by atoms with Crippen molar-refractivity contribution < 1.29 is 23.4 Å². The second-order valence-electron chi connectivity index (χ2n) is 5.44. The van der Waals surface area contributed by atoms with Gasteiger partial charge in [0.05, 0.1) is 4.90 Å². The van der Waals surface area contributed by atoms with Crippen molar-refractivity contribution in [1.82, 2.24) is 0 Å². The molecule has 0 heterocycles. The van der Waals surface area contributed by atoms with Crippen molar-refractivity contribution in [3.8, 4) is 0 Å². The summed E-state index contributed by atoms with van der Waals surface area (Å²) in [5, 5.41) is 18.8. The van der Waals surface area contributed by atoms with E-state index in [4.69, 9.17) is 0 Å². The topological polar surface area (TPSA) is 91.7 Å². The lowest BCUT2D eigenvalue weighted by Crippen LogP contribution is -2.08. The molecule has 2 aromatic carbocycles. The monoisotopic (exact) mass is 424 g/mol. The minimum Gasteiger partial charge on any atom is -0.478 e. The number of hydrogen-bond acceptors (Lipinski definition) is 4. The summed E-state index contributed by atoms with van der Waals surface area (Å²) in [4.78, 5) is 11.9. The van der Waals surface area contributed by atoms with Gasteiger partial charge in [-0.2, -0.15) is 0 Å². The molecular weight excluding hydrogens is 408 g/mol. The Bertz CT molecular complexity index is 897. The van der Waals surface area contributed by atoms with Gasteiger partial charge < -0.3 is 10.2 Å². The lowest BCUT2D eigenvalue weighted by atomic mass is 9.91. The third-order valence-corrected chi connectivity index (χ3v) is 5.28. The molecule has 5 nitrogen and oxygen atoms in total. The third-order valence-electron chi connectivity index (χ3n) is 3.63. The molecule has 2 N–H and O–H groups in total. The van der Waals surface area contributed by atoms with Crippen LogP contribution in [-0.4, -0.2) is 37.5 Å². The largest absolute Gasteiger partial charge is 0.478 e. The molecule has 0 amide bonds. The standard InChI is InChI=1S/C18H17BrO5S/c1-25(23,24)15-8-4-13(5-9-15)17(16(10-11-20)18(21)22)12-2-6-14(19)7-3-12/h2-9,20H,10-11H2,1H3,(H,21,22)/b17-16-. The molecule has 0 bridgehead atoms. The molecule has 0 fully saturated rings. The predicted octanol–water partition coefficient (Wildman–Crippen LogP) is 3.12. The maximum atomic E-state index is 11.7. The number of carboxylic acids is 1. The van der Waals surface area contributed by atoms with Gasteiger partial charge in [-0.3, -0.25) is 0 Å². The lowest BCUT2D eigenvalue weighted by molar-refractivity contribution is -0.132. The van der Waals surface area contributed by atoms with Crippen LogP contribution in [-0.2, 0) is 14.6 Å². The molecular formula is C18H17BrO5S. The quantitative estimate of drug-likeness (QED) is 0.694. The number of rotatable bonds is 6. The number of aliphatic hydroxyl groups excluding tert-OH is 1. The maximum Gasteiger partial charge on any atom is 0.332 e. The van der Waals surface area contributed by atoms with Crippen molar-refractivity contribution >= 4 is 37.3 Å². The van der Waals surface area contributed by atoms with E-state index in [2.05, 4.69) is 15.9 Å². The summed E-state index contributed by atoms with van der Waals surface area (Å²) in [7, 11) is -3.34. The fraction of sp³-hybridized carbons (Fsp3) is 0.167. The van der Waals surface area contributed by atoms with Crippen LogP contribution >= 0.6 is 15.9 Å². The average Bonchev–Trinajstić information content (AvgIpc) is 2.55. The summed E-state index contributed by atoms with van der Waals surface area (Å²) >= 11 is 3.34. The van der Waals surface area contributed by atoms with Crippen LogP contribution in [0.15, 0.2) is 63.5 Å². The summed E-state index contributed by atoms with van der Waals surface area (Å²) in [5.41, 5.74) is 1.76. The first-order valence-corrected chi connectivity index (χ1v) is 10.1. The van der Waals surface area contributed by atoms with Gasteiger partial charge in [0.2, 0.25) is 0 Å². The fourth-order valence-electron chi connectivity index (χ4n) is 2.45. The highest BCUT2D eigenvalue weighted by molar-refractivity contribution is 9.10. The minimum absolute atomic E-state index is 0.0193. The zero-order valence-corrected chi connectivity index (χ0v) is 15.8. The first-order valence-electron chi connectivity index (χ1n) is 7.37. The van der Waals surface area contributed by atoms with Gasteiger partial charge in [-0.15, -0.1) is 0 Å². The second kappa shape index (κ2) is 7.95. The van der Waals surface area contributed by atoms with Crippen LogP contribution in [0.3, 0.4) is 0 Å². The van der Waals surface area contributed by atoms with E-state index < -0.39 is 15.8 Å². The predicted molar refractivity (Wildman–Crippen MR) is 99.1 cm³/mol. The average molecular weight is 425 g/mol. The van der Waals surface area contributed by atoms with E-state index in [0.29, 0.717) is 16.7 Å². The molecule has 0 atom stereocenters. The highest BCUT2D eigenvalue weighted by Gasteiger charge is 2.18. The van der Waals surface area contributed by atoms with E-state index in [1.165, 1.54) is 12.1 Å². The summed E-state index contributed by atoms with van der Waals surface area (Å²) < 4.78 is 24.1. The van der Waals surface area contributed by atoms with Crippen molar-refractivity contribution in [1.29, 1.82) is 0 Å². The van der Waals surface area contributed by atoms with Gasteiger partial charge in [0.15, 0.2) is 9.84 Å². The molecule has 0 saturated carbocycles. The highest BCUT2D eigenvalue weighted by Crippen LogP contribution is 2.30. The van der Waals surface area contributed by atoms with E-state index >= 15 is 0 Å². The number of benzene rings is 2. The first kappa shape index (κ1) is 19.4. The van der Waals surface area contributed by atoms with Crippen LogP contribution in [0, 0.1) is 0 Å². The Balaban J connectivity index is 2.68. The zero-order valence-electron chi connectivity index (χ0n) is 13.4. The first-order chi connectivity index (χ1) is 11.7. The van der Waals surface area contributed by atoms with Gasteiger partial charge in [0.25, 0.3) is 0 Å². The molecule has 132 valence electrons.